The molecule has 0 saturated carbocycles. The fraction of sp³-hybridized carbons (Fsp3) is 0.200. The van der Waals surface area contributed by atoms with E-state index in [4.69, 9.17) is 16.3 Å². The van der Waals surface area contributed by atoms with Crippen LogP contribution in [0.1, 0.15) is 11.1 Å². The van der Waals surface area contributed by atoms with Gasteiger partial charge in [-0.15, -0.1) is 0 Å². The van der Waals surface area contributed by atoms with Crippen molar-refractivity contribution in [2.24, 2.45) is 0 Å². The van der Waals surface area contributed by atoms with Crippen LogP contribution in [0.2, 0.25) is 5.02 Å². The Hall–Kier alpha value is -1.19. The molecule has 0 aromatic heterocycles. The average molecular weight is 339 g/mol. The van der Waals surface area contributed by atoms with E-state index in [1.165, 1.54) is 5.56 Å². The lowest BCUT2D eigenvalue weighted by atomic mass is 10.1. The van der Waals surface area contributed by atoms with Gasteiger partial charge in [-0.2, -0.15) is 0 Å². The van der Waals surface area contributed by atoms with Crippen molar-refractivity contribution in [3.05, 3.63) is 57.0 Å². The summed E-state index contributed by atoms with van der Waals surface area (Å²) in [6.45, 7) is 1.46. The van der Waals surface area contributed by atoms with Crippen LogP contribution in [-0.2, 0) is 13.0 Å². The van der Waals surface area contributed by atoms with Crippen molar-refractivity contribution < 1.29 is 4.74 Å². The molecule has 0 unspecified atom stereocenters. The van der Waals surface area contributed by atoms with E-state index in [0.717, 1.165) is 39.5 Å². The van der Waals surface area contributed by atoms with Gasteiger partial charge in [0.1, 0.15) is 5.75 Å². The van der Waals surface area contributed by atoms with Gasteiger partial charge in [-0.25, -0.2) is 0 Å². The highest BCUT2D eigenvalue weighted by atomic mass is 79.9. The van der Waals surface area contributed by atoms with Crippen LogP contribution in [0.3, 0.4) is 0 Å². The first-order valence-corrected chi connectivity index (χ1v) is 7.33. The molecule has 0 bridgehead atoms. The van der Waals surface area contributed by atoms with Gasteiger partial charge in [-0.05, 0) is 35.9 Å². The minimum absolute atomic E-state index is 0.708. The molecule has 0 atom stereocenters. The molecule has 1 heterocycles. The number of rotatable bonds is 3. The molecule has 1 aliphatic heterocycles. The van der Waals surface area contributed by atoms with E-state index in [2.05, 4.69) is 21.2 Å². The smallest absolute Gasteiger partial charge is 0.127 e. The predicted molar refractivity (Wildman–Crippen MR) is 82.1 cm³/mol. The van der Waals surface area contributed by atoms with Gasteiger partial charge in [-0.1, -0.05) is 33.6 Å². The van der Waals surface area contributed by atoms with E-state index in [-0.39, 0.29) is 0 Å². The number of hydrogen-bond donors (Lipinski definition) is 1. The number of hydrogen-bond acceptors (Lipinski definition) is 2. The van der Waals surface area contributed by atoms with Crippen molar-refractivity contribution in [1.82, 2.24) is 0 Å². The summed E-state index contributed by atoms with van der Waals surface area (Å²) in [7, 11) is 0. The Balaban J connectivity index is 1.81. The molecule has 0 amide bonds. The van der Waals surface area contributed by atoms with Crippen molar-refractivity contribution in [1.29, 1.82) is 0 Å². The Morgan fingerprint density at radius 1 is 1.26 bits per heavy atom. The zero-order valence-electron chi connectivity index (χ0n) is 10.2. The first-order valence-electron chi connectivity index (χ1n) is 6.16. The highest BCUT2D eigenvalue weighted by molar-refractivity contribution is 9.10. The van der Waals surface area contributed by atoms with Gasteiger partial charge < -0.3 is 10.1 Å². The average Bonchev–Trinajstić information content (AvgIpc) is 2.84. The molecular weight excluding hydrogens is 326 g/mol. The van der Waals surface area contributed by atoms with Crippen molar-refractivity contribution >= 4 is 33.2 Å². The van der Waals surface area contributed by atoms with Crippen molar-refractivity contribution in [2.75, 3.05) is 11.9 Å². The number of benzene rings is 2. The maximum Gasteiger partial charge on any atom is 0.127 e. The van der Waals surface area contributed by atoms with Crippen LogP contribution < -0.4 is 10.1 Å². The van der Waals surface area contributed by atoms with Crippen molar-refractivity contribution in [3.8, 4) is 5.75 Å². The molecule has 4 heteroatoms. The molecule has 3 rings (SSSR count). The molecule has 2 nitrogen and oxygen atoms in total. The van der Waals surface area contributed by atoms with Crippen LogP contribution in [0.4, 0.5) is 5.69 Å². The van der Waals surface area contributed by atoms with E-state index in [1.54, 1.807) is 0 Å². The Bertz CT molecular complexity index is 615. The third kappa shape index (κ3) is 2.88. The first-order chi connectivity index (χ1) is 9.22. The van der Waals surface area contributed by atoms with Gasteiger partial charge in [0.05, 0.1) is 6.61 Å². The summed E-state index contributed by atoms with van der Waals surface area (Å²) in [5, 5.41) is 4.16. The summed E-state index contributed by atoms with van der Waals surface area (Å²) in [5.74, 6) is 0.992. The molecule has 0 radical (unpaired) electrons. The Morgan fingerprint density at radius 2 is 2.16 bits per heavy atom. The van der Waals surface area contributed by atoms with Gasteiger partial charge in [0.2, 0.25) is 0 Å². The zero-order chi connectivity index (χ0) is 13.2. The second-order valence-electron chi connectivity index (χ2n) is 4.52. The topological polar surface area (TPSA) is 21.3 Å². The fourth-order valence-corrected chi connectivity index (χ4v) is 2.94. The molecule has 0 spiro atoms. The van der Waals surface area contributed by atoms with Gasteiger partial charge in [0, 0.05) is 33.7 Å². The lowest BCUT2D eigenvalue weighted by Crippen LogP contribution is -2.01. The Labute approximate surface area is 125 Å². The Kier molecular flexibility index (Phi) is 3.67. The lowest BCUT2D eigenvalue weighted by Gasteiger charge is -2.11. The second-order valence-corrected chi connectivity index (χ2v) is 5.87. The molecule has 2 aromatic rings. The van der Waals surface area contributed by atoms with E-state index in [0.29, 0.717) is 6.54 Å². The lowest BCUT2D eigenvalue weighted by molar-refractivity contribution is 0.354. The maximum atomic E-state index is 6.14. The molecule has 19 heavy (non-hydrogen) atoms. The first kappa shape index (κ1) is 12.8. The van der Waals surface area contributed by atoms with Crippen LogP contribution in [-0.4, -0.2) is 6.61 Å². The largest absolute Gasteiger partial charge is 0.493 e. The van der Waals surface area contributed by atoms with Gasteiger partial charge in [-0.3, -0.25) is 0 Å². The standard InChI is InChI=1S/C15H13BrClNO/c16-12-2-1-3-14(8-12)18-9-11-7-13(17)6-10-4-5-19-15(10)11/h1-3,6-8,18H,4-5,9H2. The highest BCUT2D eigenvalue weighted by Gasteiger charge is 2.17. The normalized spacial score (nSPS) is 12.9. The molecular formula is C15H13BrClNO. The van der Waals surface area contributed by atoms with Crippen LogP contribution in [0, 0.1) is 0 Å². The quantitative estimate of drug-likeness (QED) is 0.879. The van der Waals surface area contributed by atoms with Crippen LogP contribution in [0.15, 0.2) is 40.9 Å². The predicted octanol–water partition coefficient (Wildman–Crippen LogP) is 4.65. The summed E-state index contributed by atoms with van der Waals surface area (Å²) in [6.07, 6.45) is 0.944. The molecule has 2 aromatic carbocycles. The van der Waals surface area contributed by atoms with Crippen LogP contribution >= 0.6 is 27.5 Å². The van der Waals surface area contributed by atoms with E-state index in [1.807, 2.05) is 36.4 Å². The molecule has 0 aliphatic carbocycles. The summed E-state index contributed by atoms with van der Waals surface area (Å²) in [5.41, 5.74) is 3.39. The number of fused-ring (bicyclic) bond motifs is 1. The molecule has 0 saturated heterocycles. The third-order valence-corrected chi connectivity index (χ3v) is 3.84. The maximum absolute atomic E-state index is 6.14. The fourth-order valence-electron chi connectivity index (χ4n) is 2.27. The van der Waals surface area contributed by atoms with Crippen molar-refractivity contribution in [2.45, 2.75) is 13.0 Å². The van der Waals surface area contributed by atoms with Gasteiger partial charge in [0.15, 0.2) is 0 Å². The van der Waals surface area contributed by atoms with Gasteiger partial charge >= 0.3 is 0 Å². The summed E-state index contributed by atoms with van der Waals surface area (Å²) in [6, 6.07) is 12.1. The van der Waals surface area contributed by atoms with Gasteiger partial charge in [0.25, 0.3) is 0 Å². The summed E-state index contributed by atoms with van der Waals surface area (Å²) in [4.78, 5) is 0. The summed E-state index contributed by atoms with van der Waals surface area (Å²) < 4.78 is 6.75. The van der Waals surface area contributed by atoms with E-state index < -0.39 is 0 Å². The monoisotopic (exact) mass is 337 g/mol. The molecule has 0 fully saturated rings. The van der Waals surface area contributed by atoms with E-state index >= 15 is 0 Å². The number of halogens is 2. The zero-order valence-corrected chi connectivity index (χ0v) is 12.6. The second kappa shape index (κ2) is 5.43. The van der Waals surface area contributed by atoms with Crippen LogP contribution in [0.5, 0.6) is 5.75 Å². The third-order valence-electron chi connectivity index (χ3n) is 3.13. The molecule has 1 N–H and O–H groups in total. The number of nitrogens with one attached hydrogen (secondary N) is 1. The molecule has 1 aliphatic rings. The van der Waals surface area contributed by atoms with Crippen molar-refractivity contribution in [3.63, 3.8) is 0 Å². The van der Waals surface area contributed by atoms with E-state index in [9.17, 15) is 0 Å². The SMILES string of the molecule is Clc1cc2c(c(CNc3cccc(Br)c3)c1)OCC2. The minimum Gasteiger partial charge on any atom is -0.493 e. The minimum atomic E-state index is 0.708. The highest BCUT2D eigenvalue weighted by Crippen LogP contribution is 2.33. The summed E-state index contributed by atoms with van der Waals surface area (Å²) >= 11 is 9.61. The number of anilines is 1. The van der Waals surface area contributed by atoms with Crippen LogP contribution in [0.25, 0.3) is 0 Å². The molecule has 98 valence electrons. The number of ether oxygens (including phenoxy) is 1. The Morgan fingerprint density at radius 3 is 3.00 bits per heavy atom.